The van der Waals surface area contributed by atoms with E-state index in [9.17, 15) is 32.3 Å². The van der Waals surface area contributed by atoms with Gasteiger partial charge in [-0.15, -0.1) is 0 Å². The number of nitrogens with zero attached hydrogens (tertiary/aromatic N) is 6. The van der Waals surface area contributed by atoms with Crippen LogP contribution >= 0.6 is 0 Å². The Balaban J connectivity index is 0.00000133. The first-order valence-electron chi connectivity index (χ1n) is 15.2. The van der Waals surface area contributed by atoms with E-state index in [4.69, 9.17) is 0 Å². The Labute approximate surface area is 258 Å². The van der Waals surface area contributed by atoms with E-state index in [2.05, 4.69) is 40.6 Å². The molecule has 1 atom stereocenters. The molecule has 5 rings (SSSR count). The van der Waals surface area contributed by atoms with Gasteiger partial charge < -0.3 is 15.7 Å². The molecule has 3 N–H and O–H groups in total. The molecule has 45 heavy (non-hydrogen) atoms. The number of amides is 2. The summed E-state index contributed by atoms with van der Waals surface area (Å²) in [4.78, 5) is 35.0. The third kappa shape index (κ3) is 8.13. The number of aromatic nitrogens is 6. The van der Waals surface area contributed by atoms with Crippen LogP contribution in [0.5, 0.6) is 0 Å². The van der Waals surface area contributed by atoms with Gasteiger partial charge in [0.05, 0.1) is 47.4 Å². The van der Waals surface area contributed by atoms with Crippen LogP contribution in [-0.2, 0) is 10.2 Å². The molecule has 2 amide bonds. The highest BCUT2D eigenvalue weighted by Gasteiger charge is 2.58. The first-order chi connectivity index (χ1) is 21.1. The summed E-state index contributed by atoms with van der Waals surface area (Å²) in [5, 5.41) is 27.0. The second-order valence-electron chi connectivity index (χ2n) is 11.6. The molecule has 2 fully saturated rings. The quantitative estimate of drug-likeness (QED) is 0.296. The van der Waals surface area contributed by atoms with Crippen LogP contribution in [0, 0.1) is 12.8 Å². The molecule has 0 radical (unpaired) electrons. The Hall–Kier alpha value is -3.69. The summed E-state index contributed by atoms with van der Waals surface area (Å²) in [6, 6.07) is -0.810. The Morgan fingerprint density at radius 2 is 1.76 bits per heavy atom. The van der Waals surface area contributed by atoms with E-state index in [-0.39, 0.29) is 61.4 Å². The van der Waals surface area contributed by atoms with Crippen molar-refractivity contribution < 1.29 is 36.9 Å². The average Bonchev–Trinajstić information content (AvgIpc) is 3.60. The molecule has 0 bridgehead atoms. The Bertz CT molecular complexity index is 1450. The summed E-state index contributed by atoms with van der Waals surface area (Å²) in [5.41, 5.74) is -2.00. The molecule has 250 valence electrons. The minimum Gasteiger partial charge on any atom is -0.390 e. The lowest BCUT2D eigenvalue weighted by Gasteiger charge is -2.49. The van der Waals surface area contributed by atoms with Crippen LogP contribution < -0.4 is 10.6 Å². The molecule has 0 aromatic carbocycles. The van der Waals surface area contributed by atoms with Crippen LogP contribution in [0.3, 0.4) is 0 Å². The van der Waals surface area contributed by atoms with E-state index in [1.54, 1.807) is 0 Å². The zero-order valence-electron chi connectivity index (χ0n) is 26.6. The summed E-state index contributed by atoms with van der Waals surface area (Å²) in [6.45, 7) is 10.9. The molecular weight excluding hydrogens is 600 g/mol. The van der Waals surface area contributed by atoms with Gasteiger partial charge in [-0.05, 0) is 50.6 Å². The van der Waals surface area contributed by atoms with Gasteiger partial charge in [0.1, 0.15) is 5.69 Å². The molecule has 2 aliphatic carbocycles. The fourth-order valence-corrected chi connectivity index (χ4v) is 5.76. The van der Waals surface area contributed by atoms with Crippen molar-refractivity contribution in [2.75, 3.05) is 6.54 Å². The zero-order chi connectivity index (χ0) is 33.8. The molecule has 2 aliphatic rings. The van der Waals surface area contributed by atoms with Crippen molar-refractivity contribution in [2.24, 2.45) is 5.92 Å². The summed E-state index contributed by atoms with van der Waals surface area (Å²) < 4.78 is 60.7. The van der Waals surface area contributed by atoms with Gasteiger partial charge in [0.25, 0.3) is 17.6 Å². The molecule has 12 nitrogen and oxygen atoms in total. The van der Waals surface area contributed by atoms with Crippen LogP contribution in [0.25, 0.3) is 5.78 Å². The van der Waals surface area contributed by atoms with Gasteiger partial charge in [0.15, 0.2) is 5.69 Å². The number of rotatable bonds is 8. The van der Waals surface area contributed by atoms with Crippen LogP contribution in [0.4, 0.5) is 17.6 Å². The molecule has 0 saturated heterocycles. The molecule has 3 aromatic heterocycles. The standard InChI is InChI=1S/C25H30F4N8O4.2C2H6/c1-13-17(36-41-35-13)19(38)34-18(14-4-6-25(28,29)7-5-14)15-9-37-21(32-15)33-16(8-31-37)24(10-22(2,40)11-24)20(39)30-12-23(3,26)27;2*1-2/h8-9,14,18,40H,4-7,10-12H2,1-3H3,(H,30,39)(H,34,38);2*1-2H3. The summed E-state index contributed by atoms with van der Waals surface area (Å²) in [6.07, 6.45) is 2.20. The van der Waals surface area contributed by atoms with Gasteiger partial charge in [-0.2, -0.15) is 5.10 Å². The predicted molar refractivity (Wildman–Crippen MR) is 155 cm³/mol. The monoisotopic (exact) mass is 642 g/mol. The number of carbonyl (C=O) groups excluding carboxylic acids is 2. The smallest absolute Gasteiger partial charge is 0.276 e. The Morgan fingerprint density at radius 1 is 1.13 bits per heavy atom. The Morgan fingerprint density at radius 3 is 2.29 bits per heavy atom. The topological polar surface area (TPSA) is 160 Å². The number of nitrogens with one attached hydrogen (secondary N) is 2. The van der Waals surface area contributed by atoms with E-state index in [0.717, 1.165) is 0 Å². The molecule has 0 aliphatic heterocycles. The summed E-state index contributed by atoms with van der Waals surface area (Å²) in [7, 11) is 0. The number of aliphatic hydroxyl groups is 1. The maximum atomic E-state index is 13.9. The van der Waals surface area contributed by atoms with Crippen molar-refractivity contribution in [2.45, 2.75) is 116 Å². The van der Waals surface area contributed by atoms with E-state index in [0.29, 0.717) is 12.6 Å². The van der Waals surface area contributed by atoms with Crippen molar-refractivity contribution in [3.63, 3.8) is 0 Å². The maximum absolute atomic E-state index is 13.9. The largest absolute Gasteiger partial charge is 0.390 e. The van der Waals surface area contributed by atoms with Crippen molar-refractivity contribution in [3.8, 4) is 0 Å². The first kappa shape index (κ1) is 35.8. The Kier molecular flexibility index (Phi) is 10.9. The lowest BCUT2D eigenvalue weighted by atomic mass is 9.57. The van der Waals surface area contributed by atoms with Gasteiger partial charge in [-0.25, -0.2) is 36.7 Å². The van der Waals surface area contributed by atoms with Crippen molar-refractivity contribution >= 4 is 17.6 Å². The lowest BCUT2D eigenvalue weighted by Crippen LogP contribution is -2.61. The second kappa shape index (κ2) is 13.7. The minimum atomic E-state index is -3.14. The van der Waals surface area contributed by atoms with E-state index >= 15 is 0 Å². The third-order valence-electron chi connectivity index (χ3n) is 7.77. The number of alkyl halides is 4. The van der Waals surface area contributed by atoms with Gasteiger partial charge in [0, 0.05) is 19.8 Å². The SMILES string of the molecule is CC.CC.Cc1nonc1C(=O)NC(c1cn2ncc(C3(C(=O)NCC(C)(F)F)CC(C)(O)C3)nc2n1)C1CCC(F)(F)CC1. The van der Waals surface area contributed by atoms with Crippen molar-refractivity contribution in [1.82, 2.24) is 40.5 Å². The maximum Gasteiger partial charge on any atom is 0.276 e. The number of imidazole rings is 1. The number of halogens is 4. The van der Waals surface area contributed by atoms with E-state index in [1.165, 1.54) is 30.8 Å². The molecule has 2 saturated carbocycles. The highest BCUT2D eigenvalue weighted by molar-refractivity contribution is 5.93. The number of fused-ring (bicyclic) bond motifs is 1. The van der Waals surface area contributed by atoms with E-state index < -0.39 is 53.2 Å². The summed E-state index contributed by atoms with van der Waals surface area (Å²) >= 11 is 0. The average molecular weight is 643 g/mol. The molecule has 3 aromatic rings. The normalized spacial score (nSPS) is 23.5. The molecular formula is C29H42F4N8O4. The lowest BCUT2D eigenvalue weighted by molar-refractivity contribution is -0.146. The van der Waals surface area contributed by atoms with Crippen molar-refractivity contribution in [1.29, 1.82) is 0 Å². The minimum absolute atomic E-state index is 0.0386. The van der Waals surface area contributed by atoms with Crippen LogP contribution in [-0.4, -0.2) is 70.8 Å². The zero-order valence-corrected chi connectivity index (χ0v) is 26.6. The predicted octanol–water partition coefficient (Wildman–Crippen LogP) is 4.72. The van der Waals surface area contributed by atoms with Crippen LogP contribution in [0.2, 0.25) is 0 Å². The highest BCUT2D eigenvalue weighted by Crippen LogP contribution is 2.50. The summed E-state index contributed by atoms with van der Waals surface area (Å²) in [5.74, 6) is -7.63. The van der Waals surface area contributed by atoms with Crippen LogP contribution in [0.1, 0.15) is 114 Å². The number of carbonyl (C=O) groups is 2. The van der Waals surface area contributed by atoms with Gasteiger partial charge in [-0.1, -0.05) is 32.9 Å². The molecule has 16 heteroatoms. The second-order valence-corrected chi connectivity index (χ2v) is 11.6. The fraction of sp³-hybridized carbons (Fsp3) is 0.690. The number of hydrogen-bond donors (Lipinski definition) is 3. The molecule has 1 unspecified atom stereocenters. The van der Waals surface area contributed by atoms with Gasteiger partial charge in [-0.3, -0.25) is 9.59 Å². The van der Waals surface area contributed by atoms with Crippen molar-refractivity contribution in [3.05, 3.63) is 35.2 Å². The van der Waals surface area contributed by atoms with Gasteiger partial charge in [0.2, 0.25) is 11.8 Å². The fourth-order valence-electron chi connectivity index (χ4n) is 5.76. The van der Waals surface area contributed by atoms with E-state index in [1.807, 2.05) is 27.7 Å². The number of hydrogen-bond acceptors (Lipinski definition) is 9. The number of aryl methyl sites for hydroxylation is 1. The van der Waals surface area contributed by atoms with Gasteiger partial charge >= 0.3 is 0 Å². The molecule has 0 spiro atoms. The van der Waals surface area contributed by atoms with Crippen LogP contribution in [0.15, 0.2) is 17.0 Å². The molecule has 3 heterocycles. The third-order valence-corrected chi connectivity index (χ3v) is 7.77. The first-order valence-corrected chi connectivity index (χ1v) is 15.2. The highest BCUT2D eigenvalue weighted by atomic mass is 19.3.